The SMILES string of the molecule is CC(=O)N1C=Cc2ccccc2C1CC(=O)NCc1cc(COC(C)(C)C)on1. The van der Waals surface area contributed by atoms with Crippen LogP contribution in [0.4, 0.5) is 0 Å². The number of aromatic nitrogens is 1. The summed E-state index contributed by atoms with van der Waals surface area (Å²) in [5.41, 5.74) is 2.33. The molecule has 1 N–H and O–H groups in total. The Morgan fingerprint density at radius 2 is 2.03 bits per heavy atom. The van der Waals surface area contributed by atoms with Crippen LogP contribution in [0.15, 0.2) is 41.1 Å². The second-order valence-corrected chi connectivity index (χ2v) is 8.05. The Hall–Kier alpha value is -2.93. The van der Waals surface area contributed by atoms with Gasteiger partial charge in [-0.05, 0) is 38.0 Å². The number of rotatable bonds is 6. The van der Waals surface area contributed by atoms with E-state index in [9.17, 15) is 9.59 Å². The van der Waals surface area contributed by atoms with E-state index in [1.54, 1.807) is 17.2 Å². The van der Waals surface area contributed by atoms with E-state index in [1.807, 2.05) is 51.1 Å². The normalized spacial score (nSPS) is 15.9. The van der Waals surface area contributed by atoms with Crippen molar-refractivity contribution in [2.24, 2.45) is 0 Å². The molecule has 0 bridgehead atoms. The molecule has 1 aliphatic rings. The first kappa shape index (κ1) is 20.8. The molecule has 7 heteroatoms. The Balaban J connectivity index is 1.59. The first-order valence-corrected chi connectivity index (χ1v) is 9.64. The van der Waals surface area contributed by atoms with E-state index in [-0.39, 0.29) is 36.4 Å². The molecule has 0 saturated heterocycles. The maximum atomic E-state index is 12.6. The molecule has 7 nitrogen and oxygen atoms in total. The smallest absolute Gasteiger partial charge is 0.223 e. The average molecular weight is 397 g/mol. The summed E-state index contributed by atoms with van der Waals surface area (Å²) in [5.74, 6) is 0.341. The second-order valence-electron chi connectivity index (χ2n) is 8.05. The predicted octanol–water partition coefficient (Wildman–Crippen LogP) is 3.57. The van der Waals surface area contributed by atoms with Gasteiger partial charge >= 0.3 is 0 Å². The monoisotopic (exact) mass is 397 g/mol. The lowest BCUT2D eigenvalue weighted by Crippen LogP contribution is -2.35. The van der Waals surface area contributed by atoms with Gasteiger partial charge in [0.1, 0.15) is 12.3 Å². The highest BCUT2D eigenvalue weighted by Gasteiger charge is 2.28. The molecule has 2 heterocycles. The summed E-state index contributed by atoms with van der Waals surface area (Å²) >= 11 is 0. The van der Waals surface area contributed by atoms with Crippen molar-refractivity contribution in [2.45, 2.75) is 58.9 Å². The maximum absolute atomic E-state index is 12.6. The Labute approximate surface area is 170 Å². The molecule has 1 aromatic heterocycles. The quantitative estimate of drug-likeness (QED) is 0.805. The van der Waals surface area contributed by atoms with E-state index < -0.39 is 0 Å². The van der Waals surface area contributed by atoms with Crippen LogP contribution < -0.4 is 5.32 Å². The molecular formula is C22H27N3O4. The molecule has 1 atom stereocenters. The van der Waals surface area contributed by atoms with Crippen LogP contribution in [-0.4, -0.2) is 27.5 Å². The molecule has 2 amide bonds. The summed E-state index contributed by atoms with van der Waals surface area (Å²) in [7, 11) is 0. The molecule has 0 spiro atoms. The fourth-order valence-corrected chi connectivity index (χ4v) is 3.14. The van der Waals surface area contributed by atoms with Crippen molar-refractivity contribution >= 4 is 17.9 Å². The zero-order valence-corrected chi connectivity index (χ0v) is 17.3. The van der Waals surface area contributed by atoms with Crippen molar-refractivity contribution in [3.05, 3.63) is 59.1 Å². The van der Waals surface area contributed by atoms with Gasteiger partial charge in [-0.25, -0.2) is 0 Å². The summed E-state index contributed by atoms with van der Waals surface area (Å²) in [6.07, 6.45) is 3.79. The highest BCUT2D eigenvalue weighted by molar-refractivity contribution is 5.81. The molecule has 29 heavy (non-hydrogen) atoms. The number of benzene rings is 1. The lowest BCUT2D eigenvalue weighted by Gasteiger charge is -2.32. The molecule has 1 unspecified atom stereocenters. The molecule has 0 radical (unpaired) electrons. The molecule has 2 aromatic rings. The molecule has 0 saturated carbocycles. The van der Waals surface area contributed by atoms with Crippen LogP contribution >= 0.6 is 0 Å². The van der Waals surface area contributed by atoms with Crippen LogP contribution in [0.1, 0.15) is 62.7 Å². The zero-order chi connectivity index (χ0) is 21.0. The summed E-state index contributed by atoms with van der Waals surface area (Å²) in [5, 5.41) is 6.83. The van der Waals surface area contributed by atoms with E-state index >= 15 is 0 Å². The standard InChI is InChI=1S/C22H27N3O4/c1-15(26)25-10-9-16-7-5-6-8-19(16)20(25)12-21(27)23-13-17-11-18(29-24-17)14-28-22(2,3)4/h5-11,20H,12-14H2,1-4H3,(H,23,27). The lowest BCUT2D eigenvalue weighted by molar-refractivity contribution is -0.130. The number of fused-ring (bicyclic) bond motifs is 1. The minimum absolute atomic E-state index is 0.103. The summed E-state index contributed by atoms with van der Waals surface area (Å²) in [6.45, 7) is 7.97. The van der Waals surface area contributed by atoms with Gasteiger partial charge in [-0.15, -0.1) is 0 Å². The van der Waals surface area contributed by atoms with Crippen molar-refractivity contribution in [3.63, 3.8) is 0 Å². The molecule has 0 fully saturated rings. The van der Waals surface area contributed by atoms with Gasteiger partial charge in [0.2, 0.25) is 11.8 Å². The minimum atomic E-state index is -0.332. The van der Waals surface area contributed by atoms with Crippen molar-refractivity contribution in [2.75, 3.05) is 0 Å². The summed E-state index contributed by atoms with van der Waals surface area (Å²) in [6, 6.07) is 9.22. The molecule has 3 rings (SSSR count). The van der Waals surface area contributed by atoms with Crippen molar-refractivity contribution < 1.29 is 18.8 Å². The van der Waals surface area contributed by atoms with E-state index in [2.05, 4.69) is 10.5 Å². The van der Waals surface area contributed by atoms with Gasteiger partial charge in [0.25, 0.3) is 0 Å². The minimum Gasteiger partial charge on any atom is -0.368 e. The van der Waals surface area contributed by atoms with Crippen LogP contribution in [0.2, 0.25) is 0 Å². The van der Waals surface area contributed by atoms with E-state index in [0.29, 0.717) is 18.1 Å². The third kappa shape index (κ3) is 5.54. The third-order valence-electron chi connectivity index (χ3n) is 4.57. The van der Waals surface area contributed by atoms with Gasteiger partial charge in [0.05, 0.1) is 24.6 Å². The summed E-state index contributed by atoms with van der Waals surface area (Å²) in [4.78, 5) is 26.2. The lowest BCUT2D eigenvalue weighted by atomic mass is 9.93. The number of nitrogens with zero attached hydrogens (tertiary/aromatic N) is 2. The van der Waals surface area contributed by atoms with Gasteiger partial charge in [-0.3, -0.25) is 9.59 Å². The fraction of sp³-hybridized carbons (Fsp3) is 0.409. The largest absolute Gasteiger partial charge is 0.368 e. The van der Waals surface area contributed by atoms with E-state index in [0.717, 1.165) is 11.1 Å². The van der Waals surface area contributed by atoms with Gasteiger partial charge in [-0.1, -0.05) is 29.4 Å². The van der Waals surface area contributed by atoms with Crippen molar-refractivity contribution in [1.29, 1.82) is 0 Å². The van der Waals surface area contributed by atoms with Gasteiger partial charge < -0.3 is 19.5 Å². The molecule has 1 aliphatic heterocycles. The Kier molecular flexibility index (Phi) is 6.17. The Morgan fingerprint density at radius 3 is 2.76 bits per heavy atom. The Bertz CT molecular complexity index is 911. The van der Waals surface area contributed by atoms with E-state index in [1.165, 1.54) is 6.92 Å². The van der Waals surface area contributed by atoms with Gasteiger partial charge in [0, 0.05) is 19.2 Å². The first-order valence-electron chi connectivity index (χ1n) is 9.64. The second kappa shape index (κ2) is 8.61. The first-order chi connectivity index (χ1) is 13.7. The number of amides is 2. The maximum Gasteiger partial charge on any atom is 0.223 e. The highest BCUT2D eigenvalue weighted by Crippen LogP contribution is 2.32. The fourth-order valence-electron chi connectivity index (χ4n) is 3.14. The number of ether oxygens (including phenoxy) is 1. The molecule has 1 aromatic carbocycles. The van der Waals surface area contributed by atoms with Crippen LogP contribution in [0.5, 0.6) is 0 Å². The zero-order valence-electron chi connectivity index (χ0n) is 17.3. The van der Waals surface area contributed by atoms with E-state index in [4.69, 9.17) is 9.26 Å². The predicted molar refractivity (Wildman–Crippen MR) is 108 cm³/mol. The van der Waals surface area contributed by atoms with Crippen molar-refractivity contribution in [3.8, 4) is 0 Å². The number of hydrogen-bond acceptors (Lipinski definition) is 5. The molecule has 154 valence electrons. The highest BCUT2D eigenvalue weighted by atomic mass is 16.5. The van der Waals surface area contributed by atoms with Gasteiger partial charge in [-0.2, -0.15) is 0 Å². The number of carbonyl (C=O) groups excluding carboxylic acids is 2. The van der Waals surface area contributed by atoms with Crippen LogP contribution in [0.3, 0.4) is 0 Å². The Morgan fingerprint density at radius 1 is 1.28 bits per heavy atom. The van der Waals surface area contributed by atoms with Crippen LogP contribution in [0.25, 0.3) is 6.08 Å². The number of nitrogens with one attached hydrogen (secondary N) is 1. The number of carbonyl (C=O) groups is 2. The van der Waals surface area contributed by atoms with Crippen LogP contribution in [0, 0.1) is 0 Å². The summed E-state index contributed by atoms with van der Waals surface area (Å²) < 4.78 is 10.9. The van der Waals surface area contributed by atoms with Crippen LogP contribution in [-0.2, 0) is 27.5 Å². The molecular weight excluding hydrogens is 370 g/mol. The van der Waals surface area contributed by atoms with Gasteiger partial charge in [0.15, 0.2) is 5.76 Å². The average Bonchev–Trinajstić information content (AvgIpc) is 3.12. The third-order valence-corrected chi connectivity index (χ3v) is 4.57. The van der Waals surface area contributed by atoms with Crippen molar-refractivity contribution in [1.82, 2.24) is 15.4 Å². The topological polar surface area (TPSA) is 84.7 Å². The molecule has 0 aliphatic carbocycles. The number of hydrogen-bond donors (Lipinski definition) is 1.